The molecule has 10 nitrogen and oxygen atoms in total. The standard InChI is InChI=1S/C33H42FN3O7S2/c1-20(35-45(42)32(3,4)5)26-17-29(38)36(8)18-28(26)27-16-23(12-15-25(27)30(39)22-10-13-24(34)14-11-22)21(2)46(43,44)19-33(6,7)37(9)31(40)41/h10-18,20-21,35H,19H2,1-9H3,(H,40,41)/t20?,21?,45-/m0/s1. The van der Waals surface area contributed by atoms with Gasteiger partial charge >= 0.3 is 6.09 Å². The van der Waals surface area contributed by atoms with Crippen molar-refractivity contribution in [2.45, 2.75) is 70.0 Å². The maximum absolute atomic E-state index is 13.9. The molecule has 2 aromatic carbocycles. The number of halogens is 1. The van der Waals surface area contributed by atoms with Crippen LogP contribution < -0.4 is 10.3 Å². The second kappa shape index (κ2) is 13.7. The summed E-state index contributed by atoms with van der Waals surface area (Å²) in [5, 5.41) is 8.36. The van der Waals surface area contributed by atoms with E-state index in [1.165, 1.54) is 62.7 Å². The van der Waals surface area contributed by atoms with E-state index in [2.05, 4.69) is 4.72 Å². The zero-order valence-corrected chi connectivity index (χ0v) is 29.2. The highest BCUT2D eigenvalue weighted by Crippen LogP contribution is 2.36. The van der Waals surface area contributed by atoms with Crippen molar-refractivity contribution in [3.05, 3.63) is 93.2 Å². The molecule has 2 unspecified atom stereocenters. The molecule has 1 aromatic heterocycles. The lowest BCUT2D eigenvalue weighted by Gasteiger charge is -2.34. The fraction of sp³-hybridized carbons (Fsp3) is 0.424. The molecule has 0 aliphatic carbocycles. The molecule has 1 heterocycles. The topological polar surface area (TPSA) is 149 Å². The molecule has 3 rings (SSSR count). The summed E-state index contributed by atoms with van der Waals surface area (Å²) in [6, 6.07) is 10.4. The summed E-state index contributed by atoms with van der Waals surface area (Å²) in [6.45, 7) is 11.7. The molecule has 0 saturated heterocycles. The van der Waals surface area contributed by atoms with Crippen LogP contribution >= 0.6 is 0 Å². The SMILES string of the molecule is CC(N[S@@+]([O-])C(C)(C)C)c1cc(=O)n(C)cc1-c1cc(C(C)S(=O)(=O)CC(C)(C)N(C)C(=O)O)ccc1C(=O)c1ccc(F)cc1. The normalized spacial score (nSPS) is 14.4. The fourth-order valence-corrected chi connectivity index (χ4v) is 7.59. The molecule has 0 fully saturated rings. The molecular weight excluding hydrogens is 634 g/mol. The number of aryl methyl sites for hydroxylation is 1. The number of benzene rings is 2. The first-order valence-corrected chi connectivity index (χ1v) is 17.4. The first-order chi connectivity index (χ1) is 21.1. The molecule has 0 bridgehead atoms. The zero-order chi connectivity index (χ0) is 34.9. The molecule has 46 heavy (non-hydrogen) atoms. The lowest BCUT2D eigenvalue weighted by molar-refractivity contribution is 0.103. The van der Waals surface area contributed by atoms with Gasteiger partial charge in [0, 0.05) is 54.4 Å². The Bertz CT molecular complexity index is 1780. The molecule has 0 spiro atoms. The van der Waals surface area contributed by atoms with E-state index in [0.29, 0.717) is 22.3 Å². The Labute approximate surface area is 272 Å². The van der Waals surface area contributed by atoms with E-state index in [0.717, 1.165) is 17.0 Å². The van der Waals surface area contributed by atoms with Crippen LogP contribution in [0.4, 0.5) is 9.18 Å². The number of nitrogens with one attached hydrogen (secondary N) is 1. The number of hydrogen-bond donors (Lipinski definition) is 2. The average molecular weight is 676 g/mol. The van der Waals surface area contributed by atoms with Crippen LogP contribution in [0.5, 0.6) is 0 Å². The molecule has 1 amide bonds. The van der Waals surface area contributed by atoms with Crippen LogP contribution in [0.3, 0.4) is 0 Å². The third kappa shape index (κ3) is 8.24. The number of amides is 1. The third-order valence-electron chi connectivity index (χ3n) is 8.01. The maximum atomic E-state index is 13.9. The molecule has 0 radical (unpaired) electrons. The van der Waals surface area contributed by atoms with Gasteiger partial charge in [-0.05, 0) is 95.5 Å². The monoisotopic (exact) mass is 675 g/mol. The highest BCUT2D eigenvalue weighted by atomic mass is 32.2. The molecule has 0 saturated carbocycles. The predicted octanol–water partition coefficient (Wildman–Crippen LogP) is 5.40. The molecule has 250 valence electrons. The van der Waals surface area contributed by atoms with Gasteiger partial charge in [0.15, 0.2) is 15.6 Å². The highest BCUT2D eigenvalue weighted by molar-refractivity contribution is 7.91. The molecule has 3 aromatic rings. The Hall–Kier alpha value is -3.52. The zero-order valence-electron chi connectivity index (χ0n) is 27.5. The van der Waals surface area contributed by atoms with Gasteiger partial charge < -0.3 is 19.1 Å². The van der Waals surface area contributed by atoms with Crippen molar-refractivity contribution in [1.82, 2.24) is 14.2 Å². The predicted molar refractivity (Wildman–Crippen MR) is 178 cm³/mol. The summed E-state index contributed by atoms with van der Waals surface area (Å²) < 4.78 is 57.8. The van der Waals surface area contributed by atoms with Crippen LogP contribution in [-0.2, 0) is 28.2 Å². The largest absolute Gasteiger partial charge is 0.598 e. The summed E-state index contributed by atoms with van der Waals surface area (Å²) >= 11 is -1.52. The molecule has 0 aliphatic rings. The minimum absolute atomic E-state index is 0.176. The first-order valence-electron chi connectivity index (χ1n) is 14.6. The molecule has 0 aliphatic heterocycles. The van der Waals surface area contributed by atoms with Crippen LogP contribution in [0.1, 0.15) is 86.8 Å². The van der Waals surface area contributed by atoms with Crippen molar-refractivity contribution in [3.8, 4) is 11.1 Å². The van der Waals surface area contributed by atoms with Crippen molar-refractivity contribution in [2.24, 2.45) is 7.05 Å². The van der Waals surface area contributed by atoms with Crippen molar-refractivity contribution < 1.29 is 32.1 Å². The maximum Gasteiger partial charge on any atom is 0.407 e. The van der Waals surface area contributed by atoms with Crippen LogP contribution in [0, 0.1) is 5.82 Å². The number of ketones is 1. The Morgan fingerprint density at radius 2 is 1.63 bits per heavy atom. The molecule has 13 heteroatoms. The number of hydrogen-bond acceptors (Lipinski definition) is 7. The van der Waals surface area contributed by atoms with Crippen LogP contribution in [0.15, 0.2) is 59.5 Å². The number of sulfone groups is 1. The van der Waals surface area contributed by atoms with E-state index in [-0.39, 0.29) is 16.7 Å². The minimum atomic E-state index is -3.95. The van der Waals surface area contributed by atoms with Crippen LogP contribution in [0.25, 0.3) is 11.1 Å². The summed E-state index contributed by atoms with van der Waals surface area (Å²) in [5.41, 5.74) is 0.291. The van der Waals surface area contributed by atoms with Crippen molar-refractivity contribution in [2.75, 3.05) is 12.8 Å². The number of pyridine rings is 1. The Balaban J connectivity index is 2.27. The fourth-order valence-electron chi connectivity index (χ4n) is 4.80. The van der Waals surface area contributed by atoms with Crippen molar-refractivity contribution >= 4 is 33.1 Å². The Morgan fingerprint density at radius 1 is 1.04 bits per heavy atom. The highest BCUT2D eigenvalue weighted by Gasteiger charge is 2.37. The number of carbonyl (C=O) groups excluding carboxylic acids is 1. The Morgan fingerprint density at radius 3 is 2.17 bits per heavy atom. The summed E-state index contributed by atoms with van der Waals surface area (Å²) in [5.74, 6) is -1.45. The number of rotatable bonds is 11. The summed E-state index contributed by atoms with van der Waals surface area (Å²) in [4.78, 5) is 39.3. The van der Waals surface area contributed by atoms with E-state index >= 15 is 0 Å². The van der Waals surface area contributed by atoms with Gasteiger partial charge in [-0.25, -0.2) is 17.6 Å². The van der Waals surface area contributed by atoms with E-state index < -0.39 is 66.2 Å². The third-order valence-corrected chi connectivity index (χ3v) is 12.1. The lowest BCUT2D eigenvalue weighted by Crippen LogP contribution is -2.49. The first kappa shape index (κ1) is 36.9. The second-order valence-corrected chi connectivity index (χ2v) is 17.4. The van der Waals surface area contributed by atoms with E-state index in [9.17, 15) is 36.9 Å². The Kier molecular flexibility index (Phi) is 11.0. The minimum Gasteiger partial charge on any atom is -0.598 e. The van der Waals surface area contributed by atoms with Gasteiger partial charge in [-0.2, -0.15) is 0 Å². The van der Waals surface area contributed by atoms with Crippen LogP contribution in [-0.4, -0.2) is 62.5 Å². The van der Waals surface area contributed by atoms with Gasteiger partial charge in [0.25, 0.3) is 5.56 Å². The van der Waals surface area contributed by atoms with Crippen molar-refractivity contribution in [3.63, 3.8) is 0 Å². The number of aromatic nitrogens is 1. The molecule has 2 N–H and O–H groups in total. The average Bonchev–Trinajstić information content (AvgIpc) is 2.96. The van der Waals surface area contributed by atoms with Gasteiger partial charge in [0.2, 0.25) is 0 Å². The lowest BCUT2D eigenvalue weighted by atomic mass is 9.89. The van der Waals surface area contributed by atoms with Crippen LogP contribution in [0.2, 0.25) is 0 Å². The molecular formula is C33H42FN3O7S2. The smallest absolute Gasteiger partial charge is 0.407 e. The van der Waals surface area contributed by atoms with E-state index in [1.54, 1.807) is 47.0 Å². The number of carboxylic acid groups (broad SMARTS) is 1. The van der Waals surface area contributed by atoms with Gasteiger partial charge in [-0.15, -0.1) is 4.72 Å². The van der Waals surface area contributed by atoms with Crippen molar-refractivity contribution in [1.29, 1.82) is 0 Å². The van der Waals surface area contributed by atoms with E-state index in [4.69, 9.17) is 0 Å². The number of nitrogens with zero attached hydrogens (tertiary/aromatic N) is 2. The summed E-state index contributed by atoms with van der Waals surface area (Å²) in [6.07, 6.45) is 0.275. The quantitative estimate of drug-likeness (QED) is 0.203. The van der Waals surface area contributed by atoms with Gasteiger partial charge in [-0.3, -0.25) is 9.59 Å². The van der Waals surface area contributed by atoms with E-state index in [1.807, 2.05) is 0 Å². The number of carbonyl (C=O) groups is 2. The van der Waals surface area contributed by atoms with Gasteiger partial charge in [0.1, 0.15) is 10.6 Å². The van der Waals surface area contributed by atoms with Gasteiger partial charge in [0.05, 0.1) is 22.6 Å². The second-order valence-electron chi connectivity index (χ2n) is 13.1. The molecule has 3 atom stereocenters. The summed E-state index contributed by atoms with van der Waals surface area (Å²) in [7, 11) is -1.10. The van der Waals surface area contributed by atoms with Gasteiger partial charge in [-0.1, -0.05) is 12.1 Å².